The van der Waals surface area contributed by atoms with Crippen molar-refractivity contribution in [2.45, 2.75) is 25.8 Å². The molecule has 1 unspecified atom stereocenters. The minimum atomic E-state index is 0.553. The fourth-order valence-electron chi connectivity index (χ4n) is 1.82. The van der Waals surface area contributed by atoms with Gasteiger partial charge in [-0.2, -0.15) is 0 Å². The number of hydrogen-bond donors (Lipinski definition) is 1. The van der Waals surface area contributed by atoms with Gasteiger partial charge in [-0.25, -0.2) is 9.97 Å². The van der Waals surface area contributed by atoms with Crippen LogP contribution in [0.2, 0.25) is 0 Å². The first-order chi connectivity index (χ1) is 6.29. The molecular weight excluding hydrogens is 164 g/mol. The van der Waals surface area contributed by atoms with Crippen molar-refractivity contribution in [1.82, 2.24) is 9.97 Å². The van der Waals surface area contributed by atoms with Crippen LogP contribution in [0.1, 0.15) is 19.8 Å². The molecular formula is C9H14N4. The minimum Gasteiger partial charge on any atom is -0.394 e. The molecule has 1 aliphatic rings. The van der Waals surface area contributed by atoms with E-state index < -0.39 is 0 Å². The van der Waals surface area contributed by atoms with Gasteiger partial charge in [-0.15, -0.1) is 0 Å². The van der Waals surface area contributed by atoms with Gasteiger partial charge in [-0.1, -0.05) is 0 Å². The number of nitrogen functional groups attached to an aromatic ring is 1. The number of rotatable bonds is 1. The first kappa shape index (κ1) is 8.29. The first-order valence-electron chi connectivity index (χ1n) is 4.61. The smallest absolute Gasteiger partial charge is 0.155 e. The highest BCUT2D eigenvalue weighted by atomic mass is 15.2. The van der Waals surface area contributed by atoms with E-state index in [1.54, 1.807) is 12.5 Å². The molecule has 0 saturated carbocycles. The second kappa shape index (κ2) is 3.20. The van der Waals surface area contributed by atoms with Crippen molar-refractivity contribution in [2.75, 3.05) is 17.2 Å². The molecule has 0 aliphatic carbocycles. The van der Waals surface area contributed by atoms with E-state index in [0.717, 1.165) is 12.4 Å². The lowest BCUT2D eigenvalue weighted by Crippen LogP contribution is -2.28. The summed E-state index contributed by atoms with van der Waals surface area (Å²) < 4.78 is 0. The van der Waals surface area contributed by atoms with Crippen LogP contribution in [0, 0.1) is 0 Å². The third-order valence-corrected chi connectivity index (χ3v) is 2.54. The Morgan fingerprint density at radius 1 is 1.62 bits per heavy atom. The Balaban J connectivity index is 2.29. The topological polar surface area (TPSA) is 55.0 Å². The predicted molar refractivity (Wildman–Crippen MR) is 52.5 cm³/mol. The third-order valence-electron chi connectivity index (χ3n) is 2.54. The van der Waals surface area contributed by atoms with Crippen LogP contribution in [0.3, 0.4) is 0 Å². The highest BCUT2D eigenvalue weighted by Gasteiger charge is 2.22. The number of nitrogens with zero attached hydrogens (tertiary/aromatic N) is 3. The van der Waals surface area contributed by atoms with Crippen molar-refractivity contribution in [3.8, 4) is 0 Å². The van der Waals surface area contributed by atoms with Gasteiger partial charge in [-0.3, -0.25) is 0 Å². The third kappa shape index (κ3) is 1.43. The molecule has 0 aromatic carbocycles. The quantitative estimate of drug-likeness (QED) is 0.698. The Morgan fingerprint density at radius 2 is 2.46 bits per heavy atom. The molecule has 1 aliphatic heterocycles. The van der Waals surface area contributed by atoms with E-state index in [-0.39, 0.29) is 0 Å². The molecule has 70 valence electrons. The van der Waals surface area contributed by atoms with Crippen LogP contribution in [0.25, 0.3) is 0 Å². The van der Waals surface area contributed by atoms with Gasteiger partial charge in [0.05, 0.1) is 11.9 Å². The predicted octanol–water partition coefficient (Wildman–Crippen LogP) is 1.05. The molecule has 2 heterocycles. The summed E-state index contributed by atoms with van der Waals surface area (Å²) in [7, 11) is 0. The molecule has 2 N–H and O–H groups in total. The molecule has 0 bridgehead atoms. The number of anilines is 2. The highest BCUT2D eigenvalue weighted by Crippen LogP contribution is 2.26. The summed E-state index contributed by atoms with van der Waals surface area (Å²) in [4.78, 5) is 10.3. The van der Waals surface area contributed by atoms with Crippen molar-refractivity contribution in [3.05, 3.63) is 12.5 Å². The van der Waals surface area contributed by atoms with Crippen molar-refractivity contribution < 1.29 is 0 Å². The highest BCUT2D eigenvalue weighted by molar-refractivity contribution is 5.61. The zero-order valence-corrected chi connectivity index (χ0v) is 7.77. The molecule has 1 aromatic rings. The average Bonchev–Trinajstić information content (AvgIpc) is 2.52. The Labute approximate surface area is 77.8 Å². The molecule has 4 heteroatoms. The van der Waals surface area contributed by atoms with Crippen LogP contribution >= 0.6 is 0 Å². The van der Waals surface area contributed by atoms with Crippen LogP contribution in [0.15, 0.2) is 12.5 Å². The Kier molecular flexibility index (Phi) is 2.04. The maximum Gasteiger partial charge on any atom is 0.155 e. The second-order valence-corrected chi connectivity index (χ2v) is 3.49. The van der Waals surface area contributed by atoms with E-state index in [0.29, 0.717) is 11.7 Å². The zero-order valence-electron chi connectivity index (χ0n) is 7.77. The van der Waals surface area contributed by atoms with Crippen LogP contribution in [0.4, 0.5) is 11.5 Å². The summed E-state index contributed by atoms with van der Waals surface area (Å²) in [5, 5.41) is 0. The van der Waals surface area contributed by atoms with E-state index in [1.807, 2.05) is 0 Å². The molecule has 1 saturated heterocycles. The minimum absolute atomic E-state index is 0.553. The molecule has 1 fully saturated rings. The fourth-order valence-corrected chi connectivity index (χ4v) is 1.82. The van der Waals surface area contributed by atoms with Crippen molar-refractivity contribution >= 4 is 11.5 Å². The van der Waals surface area contributed by atoms with Crippen molar-refractivity contribution in [3.63, 3.8) is 0 Å². The lowest BCUT2D eigenvalue weighted by molar-refractivity contribution is 0.727. The van der Waals surface area contributed by atoms with Gasteiger partial charge in [0.15, 0.2) is 5.82 Å². The van der Waals surface area contributed by atoms with E-state index >= 15 is 0 Å². The molecule has 1 atom stereocenters. The summed E-state index contributed by atoms with van der Waals surface area (Å²) in [5.74, 6) is 0.889. The summed E-state index contributed by atoms with van der Waals surface area (Å²) >= 11 is 0. The molecule has 1 aromatic heterocycles. The van der Waals surface area contributed by atoms with Crippen LogP contribution < -0.4 is 10.6 Å². The number of hydrogen-bond acceptors (Lipinski definition) is 4. The maximum atomic E-state index is 5.80. The largest absolute Gasteiger partial charge is 0.394 e. The van der Waals surface area contributed by atoms with E-state index in [2.05, 4.69) is 21.8 Å². The van der Waals surface area contributed by atoms with Crippen molar-refractivity contribution in [2.24, 2.45) is 0 Å². The van der Waals surface area contributed by atoms with Crippen LogP contribution in [0.5, 0.6) is 0 Å². The summed E-state index contributed by atoms with van der Waals surface area (Å²) in [5.41, 5.74) is 6.47. The monoisotopic (exact) mass is 178 g/mol. The molecule has 13 heavy (non-hydrogen) atoms. The number of nitrogens with two attached hydrogens (primary N) is 1. The molecule has 4 nitrogen and oxygen atoms in total. The molecule has 0 amide bonds. The average molecular weight is 178 g/mol. The maximum absolute atomic E-state index is 5.80. The van der Waals surface area contributed by atoms with E-state index in [4.69, 9.17) is 5.73 Å². The normalized spacial score (nSPS) is 22.2. The van der Waals surface area contributed by atoms with Gasteiger partial charge in [0.1, 0.15) is 6.33 Å². The van der Waals surface area contributed by atoms with Gasteiger partial charge in [-0.05, 0) is 19.8 Å². The fraction of sp³-hybridized carbons (Fsp3) is 0.556. The van der Waals surface area contributed by atoms with Gasteiger partial charge in [0.2, 0.25) is 0 Å². The second-order valence-electron chi connectivity index (χ2n) is 3.49. The Hall–Kier alpha value is -1.32. The lowest BCUT2D eigenvalue weighted by atomic mass is 10.2. The first-order valence-corrected chi connectivity index (χ1v) is 4.61. The zero-order chi connectivity index (χ0) is 9.26. The summed E-state index contributed by atoms with van der Waals surface area (Å²) in [6.07, 6.45) is 5.66. The standard InChI is InChI=1S/C9H14N4/c1-7-3-2-4-13(7)9-8(10)5-11-6-12-9/h5-7H,2-4,10H2,1H3. The molecule has 0 spiro atoms. The van der Waals surface area contributed by atoms with Gasteiger partial charge in [0.25, 0.3) is 0 Å². The van der Waals surface area contributed by atoms with E-state index in [1.165, 1.54) is 12.8 Å². The lowest BCUT2D eigenvalue weighted by Gasteiger charge is -2.23. The van der Waals surface area contributed by atoms with Crippen molar-refractivity contribution in [1.29, 1.82) is 0 Å². The Bertz CT molecular complexity index is 299. The van der Waals surface area contributed by atoms with E-state index in [9.17, 15) is 0 Å². The molecule has 2 rings (SSSR count). The number of aromatic nitrogens is 2. The van der Waals surface area contributed by atoms with Crippen LogP contribution in [-0.4, -0.2) is 22.6 Å². The summed E-state index contributed by atoms with van der Waals surface area (Å²) in [6, 6.07) is 0.553. The SMILES string of the molecule is CC1CCCN1c1ncncc1N. The molecule has 0 radical (unpaired) electrons. The Morgan fingerprint density at radius 3 is 3.08 bits per heavy atom. The van der Waals surface area contributed by atoms with Gasteiger partial charge < -0.3 is 10.6 Å². The summed E-state index contributed by atoms with van der Waals surface area (Å²) in [6.45, 7) is 3.26. The van der Waals surface area contributed by atoms with Crippen LogP contribution in [-0.2, 0) is 0 Å². The van der Waals surface area contributed by atoms with Gasteiger partial charge >= 0.3 is 0 Å². The van der Waals surface area contributed by atoms with Gasteiger partial charge in [0, 0.05) is 12.6 Å².